The van der Waals surface area contributed by atoms with Crippen LogP contribution in [-0.4, -0.2) is 20.0 Å². The summed E-state index contributed by atoms with van der Waals surface area (Å²) < 4.78 is 16.8. The van der Waals surface area contributed by atoms with Crippen LogP contribution in [0.25, 0.3) is 0 Å². The van der Waals surface area contributed by atoms with Gasteiger partial charge in [-0.3, -0.25) is 0 Å². The fourth-order valence-electron chi connectivity index (χ4n) is 2.07. The van der Waals surface area contributed by atoms with Gasteiger partial charge in [0.05, 0.1) is 6.10 Å². The van der Waals surface area contributed by atoms with Crippen LogP contribution < -0.4 is 4.74 Å². The van der Waals surface area contributed by atoms with E-state index < -0.39 is 5.79 Å². The van der Waals surface area contributed by atoms with Gasteiger partial charge in [-0.1, -0.05) is 11.6 Å². The van der Waals surface area contributed by atoms with E-state index in [4.69, 9.17) is 14.2 Å². The standard InChI is InChI=1S/C13H18O3/c1-9-5-6-11-10(7-9)12(14-3)8-13(2,15-4)16-11/h5-7,12H,8H2,1-4H3/t12-,13+/m0/s1. The molecule has 1 heterocycles. The van der Waals surface area contributed by atoms with Crippen molar-refractivity contribution in [2.75, 3.05) is 14.2 Å². The van der Waals surface area contributed by atoms with Crippen LogP contribution in [0.2, 0.25) is 0 Å². The largest absolute Gasteiger partial charge is 0.462 e. The van der Waals surface area contributed by atoms with E-state index in [-0.39, 0.29) is 6.10 Å². The van der Waals surface area contributed by atoms with Gasteiger partial charge in [0.25, 0.3) is 0 Å². The maximum absolute atomic E-state index is 5.85. The summed E-state index contributed by atoms with van der Waals surface area (Å²) in [6.45, 7) is 4.00. The van der Waals surface area contributed by atoms with Gasteiger partial charge in [-0.25, -0.2) is 0 Å². The van der Waals surface area contributed by atoms with Crippen molar-refractivity contribution in [1.82, 2.24) is 0 Å². The topological polar surface area (TPSA) is 27.7 Å². The Kier molecular flexibility index (Phi) is 2.91. The second-order valence-corrected chi connectivity index (χ2v) is 4.41. The fourth-order valence-corrected chi connectivity index (χ4v) is 2.07. The maximum Gasteiger partial charge on any atom is 0.210 e. The maximum atomic E-state index is 5.85. The van der Waals surface area contributed by atoms with Crippen molar-refractivity contribution >= 4 is 0 Å². The predicted molar refractivity (Wildman–Crippen MR) is 61.6 cm³/mol. The minimum Gasteiger partial charge on any atom is -0.462 e. The van der Waals surface area contributed by atoms with Crippen molar-refractivity contribution in [2.24, 2.45) is 0 Å². The Morgan fingerprint density at radius 3 is 2.75 bits per heavy atom. The number of methoxy groups -OCH3 is 2. The van der Waals surface area contributed by atoms with E-state index in [0.29, 0.717) is 6.42 Å². The van der Waals surface area contributed by atoms with Gasteiger partial charge in [0, 0.05) is 33.1 Å². The monoisotopic (exact) mass is 222 g/mol. The van der Waals surface area contributed by atoms with Crippen LogP contribution in [0, 0.1) is 6.92 Å². The molecule has 0 amide bonds. The first-order chi connectivity index (χ1) is 7.58. The Balaban J connectivity index is 2.42. The quantitative estimate of drug-likeness (QED) is 0.770. The van der Waals surface area contributed by atoms with E-state index in [1.807, 2.05) is 19.1 Å². The highest BCUT2D eigenvalue weighted by molar-refractivity contribution is 5.40. The third-order valence-electron chi connectivity index (χ3n) is 3.11. The van der Waals surface area contributed by atoms with Crippen LogP contribution in [0.15, 0.2) is 18.2 Å². The molecule has 0 unspecified atom stereocenters. The van der Waals surface area contributed by atoms with E-state index in [2.05, 4.69) is 13.0 Å². The zero-order valence-corrected chi connectivity index (χ0v) is 10.2. The molecule has 0 aliphatic carbocycles. The van der Waals surface area contributed by atoms with E-state index >= 15 is 0 Å². The van der Waals surface area contributed by atoms with Crippen molar-refractivity contribution in [3.63, 3.8) is 0 Å². The van der Waals surface area contributed by atoms with Crippen molar-refractivity contribution < 1.29 is 14.2 Å². The molecule has 0 fully saturated rings. The number of hydrogen-bond donors (Lipinski definition) is 0. The molecule has 0 aromatic heterocycles. The zero-order chi connectivity index (χ0) is 11.8. The van der Waals surface area contributed by atoms with Crippen LogP contribution >= 0.6 is 0 Å². The van der Waals surface area contributed by atoms with E-state index in [0.717, 1.165) is 11.3 Å². The van der Waals surface area contributed by atoms with Gasteiger partial charge < -0.3 is 14.2 Å². The molecule has 2 rings (SSSR count). The Bertz CT molecular complexity index is 389. The number of fused-ring (bicyclic) bond motifs is 1. The van der Waals surface area contributed by atoms with Gasteiger partial charge in [-0.05, 0) is 19.1 Å². The molecule has 3 nitrogen and oxygen atoms in total. The molecule has 0 spiro atoms. The third kappa shape index (κ3) is 1.93. The highest BCUT2D eigenvalue weighted by Crippen LogP contribution is 2.41. The van der Waals surface area contributed by atoms with Gasteiger partial charge in [-0.15, -0.1) is 0 Å². The first-order valence-electron chi connectivity index (χ1n) is 5.45. The Hall–Kier alpha value is -1.06. The average Bonchev–Trinajstić information content (AvgIpc) is 2.29. The van der Waals surface area contributed by atoms with E-state index in [9.17, 15) is 0 Å². The molecule has 16 heavy (non-hydrogen) atoms. The summed E-state index contributed by atoms with van der Waals surface area (Å²) in [6.07, 6.45) is 0.741. The molecule has 3 heteroatoms. The van der Waals surface area contributed by atoms with E-state index in [1.54, 1.807) is 14.2 Å². The zero-order valence-electron chi connectivity index (χ0n) is 10.2. The highest BCUT2D eigenvalue weighted by atomic mass is 16.7. The fraction of sp³-hybridized carbons (Fsp3) is 0.538. The molecule has 0 bridgehead atoms. The lowest BCUT2D eigenvalue weighted by Gasteiger charge is -2.38. The first-order valence-corrected chi connectivity index (χ1v) is 5.45. The predicted octanol–water partition coefficient (Wildman–Crippen LogP) is 2.83. The highest BCUT2D eigenvalue weighted by Gasteiger charge is 2.37. The summed E-state index contributed by atoms with van der Waals surface area (Å²) in [5.41, 5.74) is 2.32. The Morgan fingerprint density at radius 2 is 2.12 bits per heavy atom. The Labute approximate surface area is 96.3 Å². The van der Waals surface area contributed by atoms with Crippen molar-refractivity contribution in [3.8, 4) is 5.75 Å². The van der Waals surface area contributed by atoms with Gasteiger partial charge in [0.15, 0.2) is 0 Å². The summed E-state index contributed by atoms with van der Waals surface area (Å²) in [5.74, 6) is 0.260. The van der Waals surface area contributed by atoms with Crippen molar-refractivity contribution in [3.05, 3.63) is 29.3 Å². The first kappa shape index (κ1) is 11.4. The van der Waals surface area contributed by atoms with Crippen molar-refractivity contribution in [2.45, 2.75) is 32.2 Å². The lowest BCUT2D eigenvalue weighted by Crippen LogP contribution is -2.40. The number of hydrogen-bond acceptors (Lipinski definition) is 3. The lowest BCUT2D eigenvalue weighted by molar-refractivity contribution is -0.184. The molecular formula is C13H18O3. The molecular weight excluding hydrogens is 204 g/mol. The number of benzene rings is 1. The molecule has 1 aromatic carbocycles. The molecule has 0 radical (unpaired) electrons. The van der Waals surface area contributed by atoms with Gasteiger partial charge in [0.2, 0.25) is 5.79 Å². The molecule has 0 saturated heterocycles. The molecule has 1 aliphatic rings. The van der Waals surface area contributed by atoms with Crippen LogP contribution in [0.3, 0.4) is 0 Å². The number of aryl methyl sites for hydroxylation is 1. The number of rotatable bonds is 2. The second kappa shape index (κ2) is 4.07. The van der Waals surface area contributed by atoms with Gasteiger partial charge in [-0.2, -0.15) is 0 Å². The summed E-state index contributed by atoms with van der Waals surface area (Å²) in [5, 5.41) is 0. The summed E-state index contributed by atoms with van der Waals surface area (Å²) in [7, 11) is 3.38. The second-order valence-electron chi connectivity index (χ2n) is 4.41. The minimum absolute atomic E-state index is 0.0357. The molecule has 0 saturated carbocycles. The SMILES string of the molecule is CO[C@H]1C[C@](C)(OC)Oc2ccc(C)cc21. The minimum atomic E-state index is -0.594. The summed E-state index contributed by atoms with van der Waals surface area (Å²) >= 11 is 0. The molecule has 1 aromatic rings. The molecule has 88 valence electrons. The van der Waals surface area contributed by atoms with Crippen molar-refractivity contribution in [1.29, 1.82) is 0 Å². The normalized spacial score (nSPS) is 28.4. The smallest absolute Gasteiger partial charge is 0.210 e. The summed E-state index contributed by atoms with van der Waals surface area (Å²) in [6, 6.07) is 6.12. The van der Waals surface area contributed by atoms with Crippen LogP contribution in [-0.2, 0) is 9.47 Å². The van der Waals surface area contributed by atoms with Crippen LogP contribution in [0.5, 0.6) is 5.75 Å². The average molecular weight is 222 g/mol. The number of ether oxygens (including phenoxy) is 3. The van der Waals surface area contributed by atoms with Gasteiger partial charge in [0.1, 0.15) is 5.75 Å². The molecule has 2 atom stereocenters. The van der Waals surface area contributed by atoms with Crippen LogP contribution in [0.4, 0.5) is 0 Å². The molecule has 0 N–H and O–H groups in total. The third-order valence-corrected chi connectivity index (χ3v) is 3.11. The summed E-state index contributed by atoms with van der Waals surface area (Å²) in [4.78, 5) is 0. The van der Waals surface area contributed by atoms with E-state index in [1.165, 1.54) is 5.56 Å². The molecule has 1 aliphatic heterocycles. The Morgan fingerprint density at radius 1 is 1.38 bits per heavy atom. The van der Waals surface area contributed by atoms with Crippen LogP contribution in [0.1, 0.15) is 30.6 Å². The lowest BCUT2D eigenvalue weighted by atomic mass is 9.96. The van der Waals surface area contributed by atoms with Gasteiger partial charge >= 0.3 is 0 Å².